The first-order valence-electron chi connectivity index (χ1n) is 8.36. The predicted octanol–water partition coefficient (Wildman–Crippen LogP) is 4.18. The van der Waals surface area contributed by atoms with Gasteiger partial charge in [-0.3, -0.25) is 0 Å². The third-order valence-electron chi connectivity index (χ3n) is 5.39. The fraction of sp³-hybridized carbons (Fsp3) is 0.667. The van der Waals surface area contributed by atoms with E-state index in [0.717, 1.165) is 31.7 Å². The summed E-state index contributed by atoms with van der Waals surface area (Å²) < 4.78 is 0. The molecule has 1 aromatic carbocycles. The van der Waals surface area contributed by atoms with Gasteiger partial charge in [0.25, 0.3) is 0 Å². The van der Waals surface area contributed by atoms with Crippen molar-refractivity contribution in [2.45, 2.75) is 44.6 Å². The van der Waals surface area contributed by atoms with E-state index in [2.05, 4.69) is 35.3 Å². The molecule has 1 aromatic rings. The molecule has 2 atom stereocenters. The molecule has 21 heavy (non-hydrogen) atoms. The first kappa shape index (κ1) is 14.7. The highest BCUT2D eigenvalue weighted by Gasteiger charge is 2.30. The van der Waals surface area contributed by atoms with Gasteiger partial charge >= 0.3 is 0 Å². The van der Waals surface area contributed by atoms with E-state index in [-0.39, 0.29) is 6.04 Å². The number of nitrogens with zero attached hydrogens (tertiary/aromatic N) is 2. The van der Waals surface area contributed by atoms with Crippen LogP contribution in [0, 0.1) is 16.7 Å². The average molecular weight is 286 g/mol. The number of fused-ring (bicyclic) bond motifs is 1. The Kier molecular flexibility index (Phi) is 4.69. The number of aryl methyl sites for hydroxylation is 1. The lowest BCUT2D eigenvalue weighted by molar-refractivity contribution is 0.189. The second kappa shape index (κ2) is 6.69. The third kappa shape index (κ3) is 3.34. The summed E-state index contributed by atoms with van der Waals surface area (Å²) in [6.45, 7) is 2.32. The zero-order chi connectivity index (χ0) is 14.7. The van der Waals surface area contributed by atoms with Crippen LogP contribution >= 0.6 is 0 Å². The Morgan fingerprint density at radius 3 is 2.76 bits per heavy atom. The van der Waals surface area contributed by atoms with Crippen LogP contribution in [0.4, 0.5) is 0 Å². The summed E-state index contributed by atoms with van der Waals surface area (Å²) in [5.41, 5.74) is 2.49. The standard InChI is InChI=1S/C18H26N2O/c1-20(13-14-5-4-6-14)12-11-16-10-9-15-7-2-3-8-17(15)18(16)19-21/h2-3,7-8,14,16,18H,4-6,9-13H2,1H3. The Hall–Kier alpha value is -1.22. The summed E-state index contributed by atoms with van der Waals surface area (Å²) in [6, 6.07) is 8.19. The normalized spacial score (nSPS) is 25.4. The van der Waals surface area contributed by atoms with Crippen molar-refractivity contribution in [1.82, 2.24) is 4.90 Å². The van der Waals surface area contributed by atoms with Gasteiger partial charge in [-0.1, -0.05) is 35.9 Å². The Balaban J connectivity index is 1.56. The maximum absolute atomic E-state index is 11.3. The van der Waals surface area contributed by atoms with Gasteiger partial charge in [-0.15, -0.1) is 0 Å². The molecule has 1 fully saturated rings. The smallest absolute Gasteiger partial charge is 0.120 e. The van der Waals surface area contributed by atoms with Crippen LogP contribution in [0.25, 0.3) is 0 Å². The van der Waals surface area contributed by atoms with Crippen LogP contribution in [-0.2, 0) is 6.42 Å². The van der Waals surface area contributed by atoms with Crippen molar-refractivity contribution in [2.75, 3.05) is 20.1 Å². The van der Waals surface area contributed by atoms with Crippen LogP contribution < -0.4 is 0 Å². The van der Waals surface area contributed by atoms with Crippen LogP contribution in [0.2, 0.25) is 0 Å². The molecule has 2 aliphatic rings. The minimum absolute atomic E-state index is 0.132. The van der Waals surface area contributed by atoms with Crippen molar-refractivity contribution in [3.05, 3.63) is 40.3 Å². The van der Waals surface area contributed by atoms with Gasteiger partial charge in [-0.25, -0.2) is 0 Å². The number of rotatable bonds is 6. The molecule has 114 valence electrons. The molecule has 0 aliphatic heterocycles. The molecule has 0 saturated heterocycles. The number of benzene rings is 1. The topological polar surface area (TPSA) is 32.7 Å². The van der Waals surface area contributed by atoms with E-state index in [0.29, 0.717) is 5.92 Å². The maximum Gasteiger partial charge on any atom is 0.120 e. The van der Waals surface area contributed by atoms with Crippen molar-refractivity contribution in [3.63, 3.8) is 0 Å². The second-order valence-electron chi connectivity index (χ2n) is 6.90. The van der Waals surface area contributed by atoms with E-state index in [1.807, 2.05) is 6.07 Å². The highest BCUT2D eigenvalue weighted by molar-refractivity contribution is 5.33. The molecule has 0 N–H and O–H groups in total. The van der Waals surface area contributed by atoms with Crippen LogP contribution in [0.1, 0.15) is 49.3 Å². The van der Waals surface area contributed by atoms with Gasteiger partial charge in [-0.05, 0) is 68.7 Å². The molecule has 3 rings (SSSR count). The van der Waals surface area contributed by atoms with Gasteiger partial charge in [0.05, 0.1) is 0 Å². The zero-order valence-corrected chi connectivity index (χ0v) is 13.0. The molecule has 0 bridgehead atoms. The molecule has 0 radical (unpaired) electrons. The van der Waals surface area contributed by atoms with Crippen LogP contribution in [0.5, 0.6) is 0 Å². The molecule has 0 spiro atoms. The molecule has 0 heterocycles. The molecule has 2 aliphatic carbocycles. The fourth-order valence-electron chi connectivity index (χ4n) is 3.84. The Bertz CT molecular complexity index is 484. The van der Waals surface area contributed by atoms with Gasteiger partial charge in [0.1, 0.15) is 6.04 Å². The van der Waals surface area contributed by atoms with Gasteiger partial charge in [-0.2, -0.15) is 4.91 Å². The lowest BCUT2D eigenvalue weighted by Gasteiger charge is -2.33. The number of hydrogen-bond donors (Lipinski definition) is 0. The first-order chi connectivity index (χ1) is 10.3. The van der Waals surface area contributed by atoms with Crippen molar-refractivity contribution >= 4 is 0 Å². The summed E-state index contributed by atoms with van der Waals surface area (Å²) >= 11 is 0. The fourth-order valence-corrected chi connectivity index (χ4v) is 3.84. The maximum atomic E-state index is 11.3. The third-order valence-corrected chi connectivity index (χ3v) is 5.39. The van der Waals surface area contributed by atoms with E-state index < -0.39 is 0 Å². The van der Waals surface area contributed by atoms with E-state index >= 15 is 0 Å². The predicted molar refractivity (Wildman–Crippen MR) is 86.2 cm³/mol. The van der Waals surface area contributed by atoms with Crippen molar-refractivity contribution in [2.24, 2.45) is 17.0 Å². The van der Waals surface area contributed by atoms with E-state index in [4.69, 9.17) is 0 Å². The van der Waals surface area contributed by atoms with Crippen LogP contribution in [0.3, 0.4) is 0 Å². The minimum Gasteiger partial charge on any atom is -0.306 e. The van der Waals surface area contributed by atoms with Crippen molar-refractivity contribution in [3.8, 4) is 0 Å². The molecule has 2 unspecified atom stereocenters. The molecule has 3 heteroatoms. The van der Waals surface area contributed by atoms with E-state index in [1.165, 1.54) is 36.9 Å². The second-order valence-corrected chi connectivity index (χ2v) is 6.90. The summed E-state index contributed by atoms with van der Waals surface area (Å²) in [7, 11) is 2.22. The summed E-state index contributed by atoms with van der Waals surface area (Å²) in [4.78, 5) is 13.8. The van der Waals surface area contributed by atoms with Crippen molar-refractivity contribution in [1.29, 1.82) is 0 Å². The molecular formula is C18H26N2O. The van der Waals surface area contributed by atoms with Gasteiger partial charge < -0.3 is 4.90 Å². The Labute approximate surface area is 127 Å². The average Bonchev–Trinajstić information content (AvgIpc) is 2.48. The van der Waals surface area contributed by atoms with Gasteiger partial charge in [0.15, 0.2) is 0 Å². The lowest BCUT2D eigenvalue weighted by atomic mass is 9.78. The zero-order valence-electron chi connectivity index (χ0n) is 13.0. The summed E-state index contributed by atoms with van der Waals surface area (Å²) in [6.07, 6.45) is 7.51. The van der Waals surface area contributed by atoms with E-state index in [9.17, 15) is 4.91 Å². The monoisotopic (exact) mass is 286 g/mol. The highest BCUT2D eigenvalue weighted by atomic mass is 16.3. The van der Waals surface area contributed by atoms with Gasteiger partial charge in [0.2, 0.25) is 0 Å². The SMILES string of the molecule is CN(CCC1CCc2ccccc2C1N=O)CC1CCC1. The molecule has 3 nitrogen and oxygen atoms in total. The molecule has 0 amide bonds. The van der Waals surface area contributed by atoms with Crippen LogP contribution in [0.15, 0.2) is 29.4 Å². The van der Waals surface area contributed by atoms with E-state index in [1.54, 1.807) is 0 Å². The Morgan fingerprint density at radius 2 is 2.05 bits per heavy atom. The van der Waals surface area contributed by atoms with Crippen molar-refractivity contribution < 1.29 is 0 Å². The summed E-state index contributed by atoms with van der Waals surface area (Å²) in [5, 5.41) is 3.47. The van der Waals surface area contributed by atoms with Gasteiger partial charge in [0, 0.05) is 6.54 Å². The first-order valence-corrected chi connectivity index (χ1v) is 8.36. The summed E-state index contributed by atoms with van der Waals surface area (Å²) in [5.74, 6) is 1.34. The largest absolute Gasteiger partial charge is 0.306 e. The number of hydrogen-bond acceptors (Lipinski definition) is 3. The minimum atomic E-state index is -0.132. The Morgan fingerprint density at radius 1 is 1.24 bits per heavy atom. The number of nitroso groups, excluding NO2 is 1. The lowest BCUT2D eigenvalue weighted by Crippen LogP contribution is -2.32. The van der Waals surface area contributed by atoms with Crippen LogP contribution in [-0.4, -0.2) is 25.0 Å². The molecule has 1 saturated carbocycles. The molecule has 0 aromatic heterocycles. The highest BCUT2D eigenvalue weighted by Crippen LogP contribution is 2.39. The molecular weight excluding hydrogens is 260 g/mol. The quantitative estimate of drug-likeness (QED) is 0.735.